The molecule has 3 aromatic carbocycles. The molecular formula is C30H30O7. The van der Waals surface area contributed by atoms with E-state index >= 15 is 0 Å². The van der Waals surface area contributed by atoms with Gasteiger partial charge in [0, 0.05) is 16.5 Å². The van der Waals surface area contributed by atoms with Gasteiger partial charge in [-0.05, 0) is 55.3 Å². The number of methoxy groups -OCH3 is 1. The lowest BCUT2D eigenvalue weighted by atomic mass is 10.1. The molecule has 0 saturated heterocycles. The Hall–Kier alpha value is -4.26. The second-order valence-electron chi connectivity index (χ2n) is 8.57. The fourth-order valence-electron chi connectivity index (χ4n) is 4.10. The highest BCUT2D eigenvalue weighted by Crippen LogP contribution is 2.28. The molecule has 0 spiro atoms. The van der Waals surface area contributed by atoms with Crippen LogP contribution in [0.15, 0.2) is 71.1 Å². The minimum absolute atomic E-state index is 0.148. The van der Waals surface area contributed by atoms with E-state index in [0.29, 0.717) is 30.5 Å². The molecule has 1 aromatic heterocycles. The van der Waals surface area contributed by atoms with Crippen molar-refractivity contribution >= 4 is 22.9 Å². The first-order valence-electron chi connectivity index (χ1n) is 12.1. The maximum atomic E-state index is 11.9. The number of hydrogen-bond acceptors (Lipinski definition) is 7. The number of benzene rings is 3. The molecule has 7 heteroatoms. The summed E-state index contributed by atoms with van der Waals surface area (Å²) in [4.78, 5) is 23.6. The standard InChI is InChI=1S/C30H30O7/c1-4-34-29(32)17-23-10-6-8-12-27(23)36-19-25-15-24-14-21(13-20(2)30(24)37-25)18-35-26-11-7-5-9-22(26)16-28(31)33-3/h5-15H,4,16-19H2,1-3H3. The van der Waals surface area contributed by atoms with Crippen LogP contribution in [0.2, 0.25) is 0 Å². The SMILES string of the molecule is CCOC(=O)Cc1ccccc1OCc1cc2cc(COc3ccccc3CC(=O)OC)cc(C)c2o1. The van der Waals surface area contributed by atoms with Gasteiger partial charge >= 0.3 is 11.9 Å². The Kier molecular flexibility index (Phi) is 8.46. The molecule has 0 atom stereocenters. The Morgan fingerprint density at radius 1 is 0.811 bits per heavy atom. The zero-order chi connectivity index (χ0) is 26.2. The van der Waals surface area contributed by atoms with Gasteiger partial charge in [0.15, 0.2) is 0 Å². The highest BCUT2D eigenvalue weighted by Gasteiger charge is 2.14. The van der Waals surface area contributed by atoms with Crippen LogP contribution in [0.25, 0.3) is 11.0 Å². The summed E-state index contributed by atoms with van der Waals surface area (Å²) in [6.07, 6.45) is 0.300. The van der Waals surface area contributed by atoms with Gasteiger partial charge in [-0.2, -0.15) is 0 Å². The second kappa shape index (κ2) is 12.1. The van der Waals surface area contributed by atoms with Crippen molar-refractivity contribution in [2.24, 2.45) is 0 Å². The summed E-state index contributed by atoms with van der Waals surface area (Å²) in [5.41, 5.74) is 4.28. The van der Waals surface area contributed by atoms with E-state index in [2.05, 4.69) is 0 Å². The summed E-state index contributed by atoms with van der Waals surface area (Å²) in [5.74, 6) is 1.33. The van der Waals surface area contributed by atoms with E-state index < -0.39 is 0 Å². The third-order valence-electron chi connectivity index (χ3n) is 5.82. The van der Waals surface area contributed by atoms with Gasteiger partial charge in [-0.3, -0.25) is 9.59 Å². The van der Waals surface area contributed by atoms with Crippen molar-refractivity contribution in [3.05, 3.63) is 94.7 Å². The van der Waals surface area contributed by atoms with Crippen LogP contribution < -0.4 is 9.47 Å². The maximum Gasteiger partial charge on any atom is 0.310 e. The molecule has 0 unspecified atom stereocenters. The van der Waals surface area contributed by atoms with E-state index in [-0.39, 0.29) is 31.4 Å². The van der Waals surface area contributed by atoms with Crippen LogP contribution in [0.4, 0.5) is 0 Å². The van der Waals surface area contributed by atoms with Crippen LogP contribution in [-0.2, 0) is 45.1 Å². The van der Waals surface area contributed by atoms with E-state index in [1.54, 1.807) is 6.92 Å². The van der Waals surface area contributed by atoms with Crippen LogP contribution in [0.5, 0.6) is 11.5 Å². The van der Waals surface area contributed by atoms with Crippen LogP contribution in [-0.4, -0.2) is 25.7 Å². The second-order valence-corrected chi connectivity index (χ2v) is 8.57. The third kappa shape index (κ3) is 6.70. The van der Waals surface area contributed by atoms with E-state index in [1.165, 1.54) is 7.11 Å². The average Bonchev–Trinajstić information content (AvgIpc) is 3.31. The quantitative estimate of drug-likeness (QED) is 0.243. The van der Waals surface area contributed by atoms with E-state index in [4.69, 9.17) is 23.4 Å². The molecule has 4 aromatic rings. The summed E-state index contributed by atoms with van der Waals surface area (Å²) in [7, 11) is 1.37. The van der Waals surface area contributed by atoms with Gasteiger partial charge < -0.3 is 23.4 Å². The number of aryl methyl sites for hydroxylation is 1. The molecule has 192 valence electrons. The Bertz CT molecular complexity index is 1390. The van der Waals surface area contributed by atoms with Crippen molar-refractivity contribution in [2.75, 3.05) is 13.7 Å². The number of para-hydroxylation sites is 2. The third-order valence-corrected chi connectivity index (χ3v) is 5.82. The molecule has 0 bridgehead atoms. The highest BCUT2D eigenvalue weighted by atomic mass is 16.5. The van der Waals surface area contributed by atoms with Gasteiger partial charge in [-0.25, -0.2) is 0 Å². The van der Waals surface area contributed by atoms with Gasteiger partial charge in [0.05, 0.1) is 26.6 Å². The van der Waals surface area contributed by atoms with Gasteiger partial charge in [0.1, 0.15) is 36.1 Å². The molecule has 0 fully saturated rings. The molecule has 0 saturated carbocycles. The minimum atomic E-state index is -0.315. The summed E-state index contributed by atoms with van der Waals surface area (Å²) in [5, 5.41) is 0.944. The van der Waals surface area contributed by atoms with Gasteiger partial charge in [0.25, 0.3) is 0 Å². The first-order chi connectivity index (χ1) is 18.0. The number of furan rings is 1. The smallest absolute Gasteiger partial charge is 0.310 e. The summed E-state index contributed by atoms with van der Waals surface area (Å²) < 4.78 is 28.0. The Labute approximate surface area is 215 Å². The topological polar surface area (TPSA) is 84.2 Å². The van der Waals surface area contributed by atoms with E-state index in [0.717, 1.165) is 33.2 Å². The molecule has 0 aliphatic carbocycles. The molecular weight excluding hydrogens is 472 g/mol. The van der Waals surface area contributed by atoms with Crippen molar-refractivity contribution in [1.82, 2.24) is 0 Å². The predicted octanol–water partition coefficient (Wildman–Crippen LogP) is 5.72. The Balaban J connectivity index is 1.45. The van der Waals surface area contributed by atoms with Crippen molar-refractivity contribution in [3.63, 3.8) is 0 Å². The number of ether oxygens (including phenoxy) is 4. The summed E-state index contributed by atoms with van der Waals surface area (Å²) in [6, 6.07) is 20.8. The first kappa shape index (κ1) is 25.8. The van der Waals surface area contributed by atoms with E-state index in [1.807, 2.05) is 73.7 Å². The van der Waals surface area contributed by atoms with Crippen molar-refractivity contribution in [1.29, 1.82) is 0 Å². The number of esters is 2. The fourth-order valence-corrected chi connectivity index (χ4v) is 4.10. The highest BCUT2D eigenvalue weighted by molar-refractivity contribution is 5.82. The molecule has 0 amide bonds. The van der Waals surface area contributed by atoms with Crippen LogP contribution in [0.1, 0.15) is 34.9 Å². The van der Waals surface area contributed by atoms with Gasteiger partial charge in [-0.1, -0.05) is 36.4 Å². The van der Waals surface area contributed by atoms with Crippen LogP contribution >= 0.6 is 0 Å². The van der Waals surface area contributed by atoms with Crippen LogP contribution in [0.3, 0.4) is 0 Å². The zero-order valence-corrected chi connectivity index (χ0v) is 21.2. The normalized spacial score (nSPS) is 10.8. The first-order valence-corrected chi connectivity index (χ1v) is 12.1. The Morgan fingerprint density at radius 2 is 1.43 bits per heavy atom. The maximum absolute atomic E-state index is 11.9. The lowest BCUT2D eigenvalue weighted by molar-refractivity contribution is -0.142. The molecule has 37 heavy (non-hydrogen) atoms. The molecule has 1 heterocycles. The monoisotopic (exact) mass is 502 g/mol. The van der Waals surface area contributed by atoms with Crippen molar-refractivity contribution in [2.45, 2.75) is 39.9 Å². The Morgan fingerprint density at radius 3 is 2.08 bits per heavy atom. The molecule has 0 aliphatic rings. The fraction of sp³-hybridized carbons (Fsp3) is 0.267. The number of carbonyl (C=O) groups is 2. The molecule has 0 radical (unpaired) electrons. The van der Waals surface area contributed by atoms with Crippen molar-refractivity contribution in [3.8, 4) is 11.5 Å². The van der Waals surface area contributed by atoms with Gasteiger partial charge in [-0.15, -0.1) is 0 Å². The molecule has 0 N–H and O–H groups in total. The lowest BCUT2D eigenvalue weighted by Crippen LogP contribution is -2.09. The summed E-state index contributed by atoms with van der Waals surface area (Å²) >= 11 is 0. The number of fused-ring (bicyclic) bond motifs is 1. The van der Waals surface area contributed by atoms with Gasteiger partial charge in [0.2, 0.25) is 0 Å². The molecule has 4 rings (SSSR count). The molecule has 0 aliphatic heterocycles. The number of rotatable bonds is 11. The zero-order valence-electron chi connectivity index (χ0n) is 21.2. The number of carbonyl (C=O) groups excluding carboxylic acids is 2. The average molecular weight is 503 g/mol. The largest absolute Gasteiger partial charge is 0.489 e. The summed E-state index contributed by atoms with van der Waals surface area (Å²) in [6.45, 7) is 4.67. The molecule has 7 nitrogen and oxygen atoms in total. The van der Waals surface area contributed by atoms with E-state index in [9.17, 15) is 9.59 Å². The lowest BCUT2D eigenvalue weighted by Gasteiger charge is -2.11. The minimum Gasteiger partial charge on any atom is -0.489 e. The predicted molar refractivity (Wildman–Crippen MR) is 139 cm³/mol. The van der Waals surface area contributed by atoms with Crippen molar-refractivity contribution < 1.29 is 33.0 Å². The van der Waals surface area contributed by atoms with Crippen LogP contribution in [0, 0.1) is 6.92 Å². The number of hydrogen-bond donors (Lipinski definition) is 0.